The van der Waals surface area contributed by atoms with Gasteiger partial charge in [-0.3, -0.25) is 4.90 Å². The van der Waals surface area contributed by atoms with Crippen molar-refractivity contribution in [3.05, 3.63) is 51.5 Å². The quantitative estimate of drug-likeness (QED) is 0.627. The number of nitrogens with zero attached hydrogens (tertiary/aromatic N) is 1. The highest BCUT2D eigenvalue weighted by atomic mass is 79.9. The first-order chi connectivity index (χ1) is 14.0. The SMILES string of the molecule is CCOC(=O)N1CCc2cc(OC)ccc2/C1=C/c1c(Br)ccc(OC)c1OC. The number of benzene rings is 2. The summed E-state index contributed by atoms with van der Waals surface area (Å²) in [5.41, 5.74) is 3.57. The van der Waals surface area contributed by atoms with Gasteiger partial charge in [0.25, 0.3) is 0 Å². The van der Waals surface area contributed by atoms with Crippen molar-refractivity contribution in [2.24, 2.45) is 0 Å². The van der Waals surface area contributed by atoms with E-state index in [1.165, 1.54) is 0 Å². The van der Waals surface area contributed by atoms with Crippen molar-refractivity contribution in [1.82, 2.24) is 4.90 Å². The van der Waals surface area contributed by atoms with Gasteiger partial charge in [-0.1, -0.05) is 15.9 Å². The van der Waals surface area contributed by atoms with Crippen LogP contribution in [0.25, 0.3) is 11.8 Å². The molecular formula is C22H24BrNO5. The number of carbonyl (C=O) groups is 1. The molecule has 0 aliphatic carbocycles. The highest BCUT2D eigenvalue weighted by molar-refractivity contribution is 9.10. The van der Waals surface area contributed by atoms with Gasteiger partial charge in [0.2, 0.25) is 0 Å². The number of hydrogen-bond donors (Lipinski definition) is 0. The highest BCUT2D eigenvalue weighted by Gasteiger charge is 2.28. The van der Waals surface area contributed by atoms with E-state index in [0.29, 0.717) is 31.1 Å². The van der Waals surface area contributed by atoms with E-state index < -0.39 is 0 Å². The average molecular weight is 462 g/mol. The maximum atomic E-state index is 12.7. The largest absolute Gasteiger partial charge is 0.497 e. The number of halogens is 1. The van der Waals surface area contributed by atoms with Crippen molar-refractivity contribution in [1.29, 1.82) is 0 Å². The van der Waals surface area contributed by atoms with Crippen molar-refractivity contribution in [3.8, 4) is 17.2 Å². The monoisotopic (exact) mass is 461 g/mol. The van der Waals surface area contributed by atoms with E-state index in [1.807, 2.05) is 36.4 Å². The Morgan fingerprint density at radius 1 is 1.14 bits per heavy atom. The molecule has 29 heavy (non-hydrogen) atoms. The first kappa shape index (κ1) is 21.0. The number of rotatable bonds is 5. The van der Waals surface area contributed by atoms with Gasteiger partial charge < -0.3 is 18.9 Å². The number of hydrogen-bond acceptors (Lipinski definition) is 5. The molecule has 0 saturated heterocycles. The normalized spacial score (nSPS) is 14.4. The van der Waals surface area contributed by atoms with Crippen LogP contribution in [0.5, 0.6) is 17.2 Å². The second kappa shape index (κ2) is 9.22. The van der Waals surface area contributed by atoms with E-state index in [1.54, 1.807) is 33.2 Å². The first-order valence-electron chi connectivity index (χ1n) is 9.27. The zero-order valence-electron chi connectivity index (χ0n) is 17.0. The van der Waals surface area contributed by atoms with Crippen LogP contribution in [0.15, 0.2) is 34.8 Å². The molecule has 154 valence electrons. The molecular weight excluding hydrogens is 438 g/mol. The minimum atomic E-state index is -0.377. The molecule has 0 unspecified atom stereocenters. The van der Waals surface area contributed by atoms with Crippen molar-refractivity contribution in [3.63, 3.8) is 0 Å². The minimum Gasteiger partial charge on any atom is -0.497 e. The second-order valence-electron chi connectivity index (χ2n) is 6.35. The van der Waals surface area contributed by atoms with Gasteiger partial charge in [0.1, 0.15) is 5.75 Å². The summed E-state index contributed by atoms with van der Waals surface area (Å²) in [5, 5.41) is 0. The highest BCUT2D eigenvalue weighted by Crippen LogP contribution is 2.40. The molecule has 7 heteroatoms. The van der Waals surface area contributed by atoms with Gasteiger partial charge in [-0.25, -0.2) is 4.79 Å². The number of fused-ring (bicyclic) bond motifs is 1. The summed E-state index contributed by atoms with van der Waals surface area (Å²) in [5.74, 6) is 1.97. The summed E-state index contributed by atoms with van der Waals surface area (Å²) in [6.07, 6.45) is 2.25. The number of ether oxygens (including phenoxy) is 4. The first-order valence-corrected chi connectivity index (χ1v) is 10.1. The van der Waals surface area contributed by atoms with Crippen LogP contribution in [-0.4, -0.2) is 45.5 Å². The molecule has 2 aromatic carbocycles. The van der Waals surface area contributed by atoms with Crippen molar-refractivity contribution in [2.75, 3.05) is 34.5 Å². The standard InChI is InChI=1S/C22H24BrNO5/c1-5-29-22(25)24-11-10-14-12-15(26-2)6-7-16(14)19(24)13-17-18(23)8-9-20(27-3)21(17)28-4/h6-9,12-13H,5,10-11H2,1-4H3/b19-13-. The lowest BCUT2D eigenvalue weighted by atomic mass is 9.95. The molecule has 2 aromatic rings. The predicted molar refractivity (Wildman–Crippen MR) is 116 cm³/mol. The van der Waals surface area contributed by atoms with E-state index in [0.717, 1.165) is 32.6 Å². The van der Waals surface area contributed by atoms with Crippen LogP contribution in [0, 0.1) is 0 Å². The summed E-state index contributed by atoms with van der Waals surface area (Å²) in [7, 11) is 4.83. The Labute approximate surface area is 179 Å². The van der Waals surface area contributed by atoms with Crippen LogP contribution in [-0.2, 0) is 11.2 Å². The predicted octanol–water partition coefficient (Wildman–Crippen LogP) is 4.99. The molecule has 0 bridgehead atoms. The Balaban J connectivity index is 2.21. The minimum absolute atomic E-state index is 0.310. The van der Waals surface area contributed by atoms with E-state index in [2.05, 4.69) is 15.9 Å². The van der Waals surface area contributed by atoms with Crippen molar-refractivity contribution in [2.45, 2.75) is 13.3 Å². The second-order valence-corrected chi connectivity index (χ2v) is 7.20. The fraction of sp³-hybridized carbons (Fsp3) is 0.318. The van der Waals surface area contributed by atoms with E-state index >= 15 is 0 Å². The molecule has 0 radical (unpaired) electrons. The lowest BCUT2D eigenvalue weighted by Gasteiger charge is -2.31. The zero-order chi connectivity index (χ0) is 21.0. The smallest absolute Gasteiger partial charge is 0.414 e. The Morgan fingerprint density at radius 3 is 2.59 bits per heavy atom. The maximum absolute atomic E-state index is 12.7. The van der Waals surface area contributed by atoms with Gasteiger partial charge in [-0.2, -0.15) is 0 Å². The van der Waals surface area contributed by atoms with Gasteiger partial charge in [0.15, 0.2) is 11.5 Å². The molecule has 0 atom stereocenters. The van der Waals surface area contributed by atoms with E-state index in [4.69, 9.17) is 18.9 Å². The lowest BCUT2D eigenvalue weighted by Crippen LogP contribution is -2.35. The zero-order valence-corrected chi connectivity index (χ0v) is 18.5. The fourth-order valence-corrected chi connectivity index (χ4v) is 3.82. The molecule has 1 aliphatic heterocycles. The van der Waals surface area contributed by atoms with Gasteiger partial charge in [0, 0.05) is 22.1 Å². The molecule has 1 heterocycles. The lowest BCUT2D eigenvalue weighted by molar-refractivity contribution is 0.125. The molecule has 3 rings (SSSR count). The number of methoxy groups -OCH3 is 3. The summed E-state index contributed by atoms with van der Waals surface area (Å²) < 4.78 is 22.5. The molecule has 1 aliphatic rings. The van der Waals surface area contributed by atoms with Gasteiger partial charge in [0.05, 0.1) is 33.6 Å². The van der Waals surface area contributed by atoms with Crippen LogP contribution < -0.4 is 14.2 Å². The molecule has 0 aromatic heterocycles. The summed E-state index contributed by atoms with van der Waals surface area (Å²) in [6.45, 7) is 2.62. The van der Waals surface area contributed by atoms with Crippen LogP contribution in [0.4, 0.5) is 4.79 Å². The average Bonchev–Trinajstić information content (AvgIpc) is 2.74. The molecule has 0 N–H and O–H groups in total. The van der Waals surface area contributed by atoms with Crippen LogP contribution in [0.1, 0.15) is 23.6 Å². The topological polar surface area (TPSA) is 57.2 Å². The molecule has 6 nitrogen and oxygen atoms in total. The molecule has 1 amide bonds. The Kier molecular flexibility index (Phi) is 6.69. The molecule has 0 fully saturated rings. The summed E-state index contributed by atoms with van der Waals surface area (Å²) in [4.78, 5) is 14.3. The van der Waals surface area contributed by atoms with E-state index in [-0.39, 0.29) is 6.09 Å². The van der Waals surface area contributed by atoms with Crippen molar-refractivity contribution >= 4 is 33.8 Å². The number of carbonyl (C=O) groups excluding carboxylic acids is 1. The van der Waals surface area contributed by atoms with Gasteiger partial charge in [-0.05, 0) is 55.3 Å². The summed E-state index contributed by atoms with van der Waals surface area (Å²) >= 11 is 3.59. The van der Waals surface area contributed by atoms with E-state index in [9.17, 15) is 4.79 Å². The maximum Gasteiger partial charge on any atom is 0.414 e. The van der Waals surface area contributed by atoms with Crippen LogP contribution >= 0.6 is 15.9 Å². The Hall–Kier alpha value is -2.67. The fourth-order valence-electron chi connectivity index (χ4n) is 3.40. The van der Waals surface area contributed by atoms with Crippen LogP contribution in [0.2, 0.25) is 0 Å². The Morgan fingerprint density at radius 2 is 1.93 bits per heavy atom. The van der Waals surface area contributed by atoms with Gasteiger partial charge >= 0.3 is 6.09 Å². The molecule has 0 saturated carbocycles. The number of amides is 1. The van der Waals surface area contributed by atoms with Crippen molar-refractivity contribution < 1.29 is 23.7 Å². The molecule has 0 spiro atoms. The van der Waals surface area contributed by atoms with Gasteiger partial charge in [-0.15, -0.1) is 0 Å². The summed E-state index contributed by atoms with van der Waals surface area (Å²) in [6, 6.07) is 9.57. The third kappa shape index (κ3) is 4.19. The Bertz CT molecular complexity index is 941. The van der Waals surface area contributed by atoms with Crippen LogP contribution in [0.3, 0.4) is 0 Å². The third-order valence-corrected chi connectivity index (χ3v) is 5.48. The third-order valence-electron chi connectivity index (χ3n) is 4.78.